The number of nitrogens with zero attached hydrogens (tertiary/aromatic N) is 3. The summed E-state index contributed by atoms with van der Waals surface area (Å²) in [4.78, 5) is 7.01. The number of hydrogen-bond donors (Lipinski definition) is 1. The van der Waals surface area contributed by atoms with Crippen LogP contribution in [0.15, 0.2) is 24.4 Å². The maximum absolute atomic E-state index is 4.60. The molecule has 0 spiro atoms. The summed E-state index contributed by atoms with van der Waals surface area (Å²) in [5.74, 6) is 0. The molecule has 4 heteroatoms. The molecular weight excluding hydrogens is 236 g/mol. The van der Waals surface area contributed by atoms with Gasteiger partial charge in [0.05, 0.1) is 11.4 Å². The highest BCUT2D eigenvalue weighted by Crippen LogP contribution is 2.13. The Morgan fingerprint density at radius 1 is 1.42 bits per heavy atom. The van der Waals surface area contributed by atoms with Crippen LogP contribution in [0.4, 0.5) is 0 Å². The highest BCUT2D eigenvalue weighted by atomic mass is 15.1. The Balaban J connectivity index is 1.73. The van der Waals surface area contributed by atoms with Crippen molar-refractivity contribution in [1.82, 2.24) is 19.6 Å². The van der Waals surface area contributed by atoms with Crippen LogP contribution in [0.5, 0.6) is 0 Å². The monoisotopic (exact) mass is 258 g/mol. The molecule has 0 radical (unpaired) electrons. The van der Waals surface area contributed by atoms with Gasteiger partial charge in [-0.05, 0) is 45.5 Å². The smallest absolute Gasteiger partial charge is 0.137 e. The molecule has 2 aromatic heterocycles. The Kier molecular flexibility index (Phi) is 3.53. The normalized spacial score (nSPS) is 21.1. The third kappa shape index (κ3) is 2.65. The predicted octanol–water partition coefficient (Wildman–Crippen LogP) is 1.83. The zero-order chi connectivity index (χ0) is 13.2. The first-order valence-corrected chi connectivity index (χ1v) is 7.08. The zero-order valence-electron chi connectivity index (χ0n) is 11.8. The van der Waals surface area contributed by atoms with Crippen LogP contribution in [0.1, 0.15) is 24.2 Å². The second-order valence-electron chi connectivity index (χ2n) is 5.56. The van der Waals surface area contributed by atoms with E-state index in [4.69, 9.17) is 0 Å². The van der Waals surface area contributed by atoms with Gasteiger partial charge in [0.25, 0.3) is 0 Å². The molecule has 1 atom stereocenters. The number of rotatable bonds is 3. The molecule has 0 saturated carbocycles. The lowest BCUT2D eigenvalue weighted by molar-refractivity contribution is 0.226. The molecule has 3 heterocycles. The molecule has 0 amide bonds. The van der Waals surface area contributed by atoms with Crippen LogP contribution in [0.25, 0.3) is 5.65 Å². The molecule has 1 saturated heterocycles. The average Bonchev–Trinajstić information content (AvgIpc) is 2.72. The number of fused-ring (bicyclic) bond motifs is 1. The number of likely N-dealkylation sites (tertiary alicyclic amines) is 1. The molecule has 1 aliphatic rings. The quantitative estimate of drug-likeness (QED) is 0.911. The lowest BCUT2D eigenvalue weighted by Crippen LogP contribution is -2.43. The van der Waals surface area contributed by atoms with Gasteiger partial charge in [-0.3, -0.25) is 0 Å². The van der Waals surface area contributed by atoms with Crippen molar-refractivity contribution in [2.24, 2.45) is 0 Å². The van der Waals surface area contributed by atoms with E-state index >= 15 is 0 Å². The van der Waals surface area contributed by atoms with Crippen molar-refractivity contribution in [2.45, 2.75) is 32.4 Å². The lowest BCUT2D eigenvalue weighted by atomic mass is 10.1. The summed E-state index contributed by atoms with van der Waals surface area (Å²) in [6.45, 7) is 5.37. The maximum atomic E-state index is 4.60. The van der Waals surface area contributed by atoms with E-state index in [0.29, 0.717) is 6.04 Å². The van der Waals surface area contributed by atoms with E-state index in [1.54, 1.807) is 0 Å². The minimum Gasteiger partial charge on any atom is -0.307 e. The van der Waals surface area contributed by atoms with Crippen molar-refractivity contribution in [3.8, 4) is 0 Å². The number of aromatic nitrogens is 2. The summed E-state index contributed by atoms with van der Waals surface area (Å²) >= 11 is 0. The van der Waals surface area contributed by atoms with E-state index in [2.05, 4.69) is 51.9 Å². The number of pyridine rings is 1. The fourth-order valence-corrected chi connectivity index (χ4v) is 2.95. The maximum Gasteiger partial charge on any atom is 0.137 e. The number of likely N-dealkylation sites (N-methyl/N-ethyl adjacent to an activating group) is 1. The summed E-state index contributed by atoms with van der Waals surface area (Å²) in [6.07, 6.45) is 4.67. The minimum absolute atomic E-state index is 0.604. The van der Waals surface area contributed by atoms with Gasteiger partial charge >= 0.3 is 0 Å². The highest BCUT2D eigenvalue weighted by Gasteiger charge is 2.17. The molecule has 19 heavy (non-hydrogen) atoms. The molecule has 102 valence electrons. The van der Waals surface area contributed by atoms with Crippen molar-refractivity contribution >= 4 is 5.65 Å². The minimum atomic E-state index is 0.604. The first-order valence-electron chi connectivity index (χ1n) is 7.08. The van der Waals surface area contributed by atoms with E-state index in [0.717, 1.165) is 24.4 Å². The summed E-state index contributed by atoms with van der Waals surface area (Å²) in [5, 5.41) is 3.68. The van der Waals surface area contributed by atoms with Crippen LogP contribution >= 0.6 is 0 Å². The van der Waals surface area contributed by atoms with Crippen molar-refractivity contribution in [2.75, 3.05) is 20.1 Å². The first-order chi connectivity index (χ1) is 9.24. The van der Waals surface area contributed by atoms with Gasteiger partial charge in [-0.15, -0.1) is 0 Å². The summed E-state index contributed by atoms with van der Waals surface area (Å²) in [5.41, 5.74) is 3.45. The molecule has 3 rings (SSSR count). The van der Waals surface area contributed by atoms with E-state index in [1.165, 1.54) is 25.1 Å². The summed E-state index contributed by atoms with van der Waals surface area (Å²) in [6, 6.07) is 6.76. The van der Waals surface area contributed by atoms with Crippen molar-refractivity contribution in [3.05, 3.63) is 35.8 Å². The third-order valence-electron chi connectivity index (χ3n) is 4.01. The number of hydrogen-bond acceptors (Lipinski definition) is 3. The van der Waals surface area contributed by atoms with Gasteiger partial charge in [0.15, 0.2) is 0 Å². The van der Waals surface area contributed by atoms with E-state index in [9.17, 15) is 0 Å². The summed E-state index contributed by atoms with van der Waals surface area (Å²) in [7, 11) is 2.20. The third-order valence-corrected chi connectivity index (χ3v) is 4.01. The lowest BCUT2D eigenvalue weighted by Gasteiger charge is -2.30. The average molecular weight is 258 g/mol. The second kappa shape index (κ2) is 5.31. The largest absolute Gasteiger partial charge is 0.307 e. The molecule has 0 bridgehead atoms. The molecule has 0 aromatic carbocycles. The van der Waals surface area contributed by atoms with E-state index in [1.807, 2.05) is 6.07 Å². The van der Waals surface area contributed by atoms with E-state index < -0.39 is 0 Å². The predicted molar refractivity (Wildman–Crippen MR) is 77.3 cm³/mol. The highest BCUT2D eigenvalue weighted by molar-refractivity contribution is 5.42. The molecule has 1 N–H and O–H groups in total. The molecule has 2 aromatic rings. The SMILES string of the molecule is Cc1nc2ccccn2c1CNC1CCCN(C)C1. The Morgan fingerprint density at radius 2 is 2.32 bits per heavy atom. The van der Waals surface area contributed by atoms with Crippen molar-refractivity contribution < 1.29 is 0 Å². The molecule has 4 nitrogen and oxygen atoms in total. The van der Waals surface area contributed by atoms with Gasteiger partial charge < -0.3 is 14.6 Å². The first kappa shape index (κ1) is 12.6. The number of imidazole rings is 1. The van der Waals surface area contributed by atoms with Crippen LogP contribution in [0.2, 0.25) is 0 Å². The van der Waals surface area contributed by atoms with Gasteiger partial charge in [0.2, 0.25) is 0 Å². The topological polar surface area (TPSA) is 32.6 Å². The van der Waals surface area contributed by atoms with Gasteiger partial charge in [-0.2, -0.15) is 0 Å². The molecule has 1 fully saturated rings. The van der Waals surface area contributed by atoms with Gasteiger partial charge in [-0.25, -0.2) is 4.98 Å². The molecule has 0 aliphatic carbocycles. The van der Waals surface area contributed by atoms with Crippen molar-refractivity contribution in [3.63, 3.8) is 0 Å². The van der Waals surface area contributed by atoms with Crippen LogP contribution in [-0.2, 0) is 6.54 Å². The van der Waals surface area contributed by atoms with Gasteiger partial charge in [0.1, 0.15) is 5.65 Å². The van der Waals surface area contributed by atoms with Gasteiger partial charge in [-0.1, -0.05) is 6.07 Å². The van der Waals surface area contributed by atoms with Crippen LogP contribution in [-0.4, -0.2) is 40.5 Å². The van der Waals surface area contributed by atoms with Crippen LogP contribution in [0.3, 0.4) is 0 Å². The zero-order valence-corrected chi connectivity index (χ0v) is 11.8. The van der Waals surface area contributed by atoms with Gasteiger partial charge in [0, 0.05) is 25.3 Å². The number of piperidine rings is 1. The fourth-order valence-electron chi connectivity index (χ4n) is 2.95. The summed E-state index contributed by atoms with van der Waals surface area (Å²) < 4.78 is 2.19. The number of nitrogens with one attached hydrogen (secondary N) is 1. The Bertz CT molecular complexity index is 560. The molecule has 1 aliphatic heterocycles. The van der Waals surface area contributed by atoms with E-state index in [-0.39, 0.29) is 0 Å². The van der Waals surface area contributed by atoms with Crippen LogP contribution in [0, 0.1) is 6.92 Å². The second-order valence-corrected chi connectivity index (χ2v) is 5.56. The molecular formula is C15H22N4. The Hall–Kier alpha value is -1.39. The number of aryl methyl sites for hydroxylation is 1. The fraction of sp³-hybridized carbons (Fsp3) is 0.533. The Morgan fingerprint density at radius 3 is 3.16 bits per heavy atom. The Labute approximate surface area is 114 Å². The van der Waals surface area contributed by atoms with Crippen LogP contribution < -0.4 is 5.32 Å². The standard InChI is InChI=1S/C15H22N4/c1-12-14(19-9-4-3-7-15(19)17-12)10-16-13-6-5-8-18(2)11-13/h3-4,7,9,13,16H,5-6,8,10-11H2,1-2H3. The molecule has 1 unspecified atom stereocenters. The van der Waals surface area contributed by atoms with Crippen molar-refractivity contribution in [1.29, 1.82) is 0 Å².